The van der Waals surface area contributed by atoms with Crippen LogP contribution in [0, 0.1) is 16.0 Å². The van der Waals surface area contributed by atoms with E-state index < -0.39 is 0 Å². The number of nitro groups is 1. The number of nitrogens with one attached hydrogen (secondary N) is 1. The zero-order valence-corrected chi connectivity index (χ0v) is 11.9. The molecule has 3 rings (SSSR count). The fourth-order valence-corrected chi connectivity index (χ4v) is 3.73. The molecular formula is C15H20N2O3. The molecule has 0 radical (unpaired) electrons. The molecule has 1 atom stereocenters. The monoisotopic (exact) mass is 276 g/mol. The molecule has 0 bridgehead atoms. The summed E-state index contributed by atoms with van der Waals surface area (Å²) in [6, 6.07) is 5.03. The van der Waals surface area contributed by atoms with Crippen molar-refractivity contribution >= 4 is 5.69 Å². The van der Waals surface area contributed by atoms with Crippen molar-refractivity contribution in [2.45, 2.75) is 38.2 Å². The predicted octanol–water partition coefficient (Wildman–Crippen LogP) is 2.63. The Bertz CT molecular complexity index is 536. The summed E-state index contributed by atoms with van der Waals surface area (Å²) in [5.74, 6) is 1.22. The van der Waals surface area contributed by atoms with Gasteiger partial charge in [0, 0.05) is 23.1 Å². The number of fused-ring (bicyclic) bond motifs is 2. The molecule has 1 unspecified atom stereocenters. The molecule has 20 heavy (non-hydrogen) atoms. The van der Waals surface area contributed by atoms with Crippen molar-refractivity contribution in [2.24, 2.45) is 5.92 Å². The van der Waals surface area contributed by atoms with E-state index in [1.165, 1.54) is 6.07 Å². The van der Waals surface area contributed by atoms with Crippen LogP contribution in [0.4, 0.5) is 5.69 Å². The van der Waals surface area contributed by atoms with Crippen LogP contribution >= 0.6 is 0 Å². The highest BCUT2D eigenvalue weighted by molar-refractivity contribution is 5.52. The fourth-order valence-electron chi connectivity index (χ4n) is 3.73. The summed E-state index contributed by atoms with van der Waals surface area (Å²) >= 11 is 0. The molecule has 1 aromatic rings. The number of hydrogen-bond acceptors (Lipinski definition) is 4. The van der Waals surface area contributed by atoms with Crippen LogP contribution in [0.3, 0.4) is 0 Å². The highest BCUT2D eigenvalue weighted by Gasteiger charge is 2.50. The summed E-state index contributed by atoms with van der Waals surface area (Å²) in [5, 5.41) is 14.4. The number of ether oxygens (including phenoxy) is 1. The lowest BCUT2D eigenvalue weighted by molar-refractivity contribution is -0.385. The Morgan fingerprint density at radius 1 is 1.40 bits per heavy atom. The molecule has 1 saturated heterocycles. The average molecular weight is 276 g/mol. The van der Waals surface area contributed by atoms with Crippen LogP contribution in [0.15, 0.2) is 18.2 Å². The van der Waals surface area contributed by atoms with E-state index in [1.807, 2.05) is 0 Å². The Morgan fingerprint density at radius 3 is 2.70 bits per heavy atom. The van der Waals surface area contributed by atoms with Gasteiger partial charge < -0.3 is 10.1 Å². The van der Waals surface area contributed by atoms with Gasteiger partial charge in [0.25, 0.3) is 5.69 Å². The average Bonchev–Trinajstić information content (AvgIpc) is 2.74. The number of piperidine rings is 1. The highest BCUT2D eigenvalue weighted by atomic mass is 16.6. The maximum Gasteiger partial charge on any atom is 0.269 e. The van der Waals surface area contributed by atoms with E-state index in [9.17, 15) is 10.1 Å². The molecule has 0 amide bonds. The molecule has 2 aliphatic heterocycles. The lowest BCUT2D eigenvalue weighted by atomic mass is 9.67. The number of benzene rings is 1. The third-order valence-corrected chi connectivity index (χ3v) is 4.61. The van der Waals surface area contributed by atoms with Crippen molar-refractivity contribution in [3.05, 3.63) is 33.9 Å². The molecule has 1 spiro atoms. The number of hydrogen-bond donors (Lipinski definition) is 1. The van der Waals surface area contributed by atoms with E-state index in [-0.39, 0.29) is 22.1 Å². The SMILES string of the molecule is CC(C)C1Oc2ccc([N+](=O)[O-])cc2C12CCNCC2. The minimum atomic E-state index is -0.322. The van der Waals surface area contributed by atoms with Gasteiger partial charge in [-0.1, -0.05) is 13.8 Å². The number of nitro benzene ring substituents is 1. The largest absolute Gasteiger partial charge is 0.489 e. The summed E-state index contributed by atoms with van der Waals surface area (Å²) in [5.41, 5.74) is 1.13. The van der Waals surface area contributed by atoms with E-state index >= 15 is 0 Å². The smallest absolute Gasteiger partial charge is 0.269 e. The van der Waals surface area contributed by atoms with Crippen molar-refractivity contribution in [1.29, 1.82) is 0 Å². The minimum Gasteiger partial charge on any atom is -0.489 e. The van der Waals surface area contributed by atoms with Gasteiger partial charge in [0.15, 0.2) is 0 Å². The number of non-ortho nitro benzene ring substituents is 1. The van der Waals surface area contributed by atoms with Crippen LogP contribution in [0.25, 0.3) is 0 Å². The maximum absolute atomic E-state index is 11.0. The van der Waals surface area contributed by atoms with Crippen molar-refractivity contribution in [3.63, 3.8) is 0 Å². The number of rotatable bonds is 2. The van der Waals surface area contributed by atoms with Crippen molar-refractivity contribution in [1.82, 2.24) is 5.32 Å². The third kappa shape index (κ3) is 1.88. The van der Waals surface area contributed by atoms with E-state index in [2.05, 4.69) is 19.2 Å². The Kier molecular flexibility index (Phi) is 3.17. The maximum atomic E-state index is 11.0. The zero-order valence-electron chi connectivity index (χ0n) is 11.9. The summed E-state index contributed by atoms with van der Waals surface area (Å²) in [6.07, 6.45) is 2.07. The molecule has 0 aliphatic carbocycles. The van der Waals surface area contributed by atoms with Crippen LogP contribution in [0.1, 0.15) is 32.3 Å². The van der Waals surface area contributed by atoms with Crippen LogP contribution in [0.2, 0.25) is 0 Å². The first kappa shape index (κ1) is 13.4. The van der Waals surface area contributed by atoms with Crippen LogP contribution in [-0.2, 0) is 5.41 Å². The molecule has 2 aliphatic rings. The molecule has 1 aromatic carbocycles. The van der Waals surface area contributed by atoms with Gasteiger partial charge in [-0.15, -0.1) is 0 Å². The predicted molar refractivity (Wildman–Crippen MR) is 76.1 cm³/mol. The summed E-state index contributed by atoms with van der Waals surface area (Å²) < 4.78 is 6.15. The zero-order chi connectivity index (χ0) is 14.3. The van der Waals surface area contributed by atoms with Gasteiger partial charge in [-0.2, -0.15) is 0 Å². The Labute approximate surface area is 118 Å². The van der Waals surface area contributed by atoms with Gasteiger partial charge in [-0.05, 0) is 37.9 Å². The fraction of sp³-hybridized carbons (Fsp3) is 0.600. The quantitative estimate of drug-likeness (QED) is 0.666. The second-order valence-electron chi connectivity index (χ2n) is 6.13. The van der Waals surface area contributed by atoms with E-state index in [1.54, 1.807) is 12.1 Å². The minimum absolute atomic E-state index is 0.0687. The van der Waals surface area contributed by atoms with Crippen molar-refractivity contribution in [2.75, 3.05) is 13.1 Å². The van der Waals surface area contributed by atoms with Crippen LogP contribution in [0.5, 0.6) is 5.75 Å². The molecule has 1 fully saturated rings. The molecule has 2 heterocycles. The topological polar surface area (TPSA) is 64.4 Å². The molecule has 5 heteroatoms. The lowest BCUT2D eigenvalue weighted by Crippen LogP contribution is -2.48. The van der Waals surface area contributed by atoms with Gasteiger partial charge in [0.05, 0.1) is 4.92 Å². The highest BCUT2D eigenvalue weighted by Crippen LogP contribution is 2.51. The van der Waals surface area contributed by atoms with Gasteiger partial charge >= 0.3 is 0 Å². The van der Waals surface area contributed by atoms with Gasteiger partial charge in [0.2, 0.25) is 0 Å². The molecule has 5 nitrogen and oxygen atoms in total. The molecule has 0 saturated carbocycles. The Hall–Kier alpha value is -1.62. The Balaban J connectivity index is 2.10. The van der Waals surface area contributed by atoms with E-state index in [0.29, 0.717) is 5.92 Å². The Morgan fingerprint density at radius 2 is 2.10 bits per heavy atom. The normalized spacial score (nSPS) is 23.6. The molecule has 0 aromatic heterocycles. The van der Waals surface area contributed by atoms with Gasteiger partial charge in [0.1, 0.15) is 11.9 Å². The van der Waals surface area contributed by atoms with Crippen LogP contribution < -0.4 is 10.1 Å². The van der Waals surface area contributed by atoms with Crippen molar-refractivity contribution < 1.29 is 9.66 Å². The summed E-state index contributed by atoms with van der Waals surface area (Å²) in [4.78, 5) is 10.7. The van der Waals surface area contributed by atoms with E-state index in [0.717, 1.165) is 37.2 Å². The van der Waals surface area contributed by atoms with Gasteiger partial charge in [-0.25, -0.2) is 0 Å². The lowest BCUT2D eigenvalue weighted by Gasteiger charge is -2.39. The summed E-state index contributed by atoms with van der Waals surface area (Å²) in [6.45, 7) is 6.20. The molecule has 1 N–H and O–H groups in total. The first-order valence-corrected chi connectivity index (χ1v) is 7.21. The molecular weight excluding hydrogens is 256 g/mol. The standard InChI is InChI=1S/C15H20N2O3/c1-10(2)14-15(5-7-16-8-6-15)12-9-11(17(18)19)3-4-13(12)20-14/h3-4,9-10,14,16H,5-8H2,1-2H3. The van der Waals surface area contributed by atoms with Crippen LogP contribution in [-0.4, -0.2) is 24.1 Å². The number of nitrogens with zero attached hydrogens (tertiary/aromatic N) is 1. The summed E-state index contributed by atoms with van der Waals surface area (Å²) in [7, 11) is 0. The van der Waals surface area contributed by atoms with E-state index in [4.69, 9.17) is 4.74 Å². The van der Waals surface area contributed by atoms with Gasteiger partial charge in [-0.3, -0.25) is 10.1 Å². The second kappa shape index (κ2) is 4.74. The molecule has 108 valence electrons. The third-order valence-electron chi connectivity index (χ3n) is 4.61. The van der Waals surface area contributed by atoms with Crippen molar-refractivity contribution in [3.8, 4) is 5.75 Å². The first-order valence-electron chi connectivity index (χ1n) is 7.21. The first-order chi connectivity index (χ1) is 9.54. The second-order valence-corrected chi connectivity index (χ2v) is 6.13.